The molecule has 5 rings (SSSR count). The van der Waals surface area contributed by atoms with E-state index in [1.807, 2.05) is 39.0 Å². The van der Waals surface area contributed by atoms with E-state index in [1.54, 1.807) is 30.3 Å². The summed E-state index contributed by atoms with van der Waals surface area (Å²) in [5, 5.41) is 2.68. The quantitative estimate of drug-likeness (QED) is 0.306. The Labute approximate surface area is 202 Å². The van der Waals surface area contributed by atoms with Crippen LogP contribution in [0.4, 0.5) is 11.4 Å². The highest BCUT2D eigenvalue weighted by atomic mass is 16.2. The molecule has 0 fully saturated rings. The fraction of sp³-hybridized carbons (Fsp3) is 0.200. The van der Waals surface area contributed by atoms with Gasteiger partial charge >= 0.3 is 0 Å². The third kappa shape index (κ3) is 4.72. The Morgan fingerprint density at radius 2 is 1.09 bits per heavy atom. The zero-order chi connectivity index (χ0) is 24.8. The van der Waals surface area contributed by atoms with Gasteiger partial charge in [-0.15, -0.1) is 0 Å². The Hall–Kier alpha value is -3.92. The molecule has 1 heterocycles. The minimum atomic E-state index is -0.245. The minimum absolute atomic E-state index is 0.245. The lowest BCUT2D eigenvalue weighted by molar-refractivity contribution is 0.0926. The van der Waals surface area contributed by atoms with Gasteiger partial charge in [-0.3, -0.25) is 9.59 Å². The van der Waals surface area contributed by atoms with Crippen molar-refractivity contribution < 1.29 is 9.59 Å². The minimum Gasteiger partial charge on any atom is -0.377 e. The van der Waals surface area contributed by atoms with E-state index >= 15 is 0 Å². The van der Waals surface area contributed by atoms with Crippen molar-refractivity contribution in [2.24, 2.45) is 0 Å². The van der Waals surface area contributed by atoms with Crippen molar-refractivity contribution >= 4 is 34.0 Å². The van der Waals surface area contributed by atoms with Crippen LogP contribution in [0.2, 0.25) is 0 Å². The lowest BCUT2D eigenvalue weighted by atomic mass is 10.0. The van der Waals surface area contributed by atoms with E-state index in [-0.39, 0.29) is 11.8 Å². The van der Waals surface area contributed by atoms with E-state index in [0.29, 0.717) is 16.8 Å². The van der Waals surface area contributed by atoms with E-state index < -0.39 is 0 Å². The van der Waals surface area contributed by atoms with E-state index in [9.17, 15) is 9.59 Å². The van der Waals surface area contributed by atoms with Crippen LogP contribution in [0.25, 0.3) is 10.8 Å². The van der Waals surface area contributed by atoms with Crippen molar-refractivity contribution in [3.8, 4) is 0 Å². The highest BCUT2D eigenvalue weighted by Crippen LogP contribution is 2.30. The van der Waals surface area contributed by atoms with Crippen LogP contribution < -0.4 is 9.80 Å². The maximum atomic E-state index is 12.3. The number of para-hydroxylation sites is 1. The molecule has 2 amide bonds. The summed E-state index contributed by atoms with van der Waals surface area (Å²) in [5.74, 6) is -0.491. The summed E-state index contributed by atoms with van der Waals surface area (Å²) in [7, 11) is 4.16. The molecule has 1 aliphatic heterocycles. The first-order chi connectivity index (χ1) is 16.4. The number of rotatable bonds is 2. The molecule has 174 valence electrons. The third-order valence-electron chi connectivity index (χ3n) is 5.75. The summed E-state index contributed by atoms with van der Waals surface area (Å²) in [6, 6.07) is 27.2. The number of hydrogen-bond donors (Lipinski definition) is 0. The molecule has 4 nitrogen and oxygen atoms in total. The van der Waals surface area contributed by atoms with Crippen molar-refractivity contribution in [3.63, 3.8) is 0 Å². The van der Waals surface area contributed by atoms with Crippen LogP contribution in [0.5, 0.6) is 0 Å². The van der Waals surface area contributed by atoms with Crippen LogP contribution in [0, 0.1) is 13.8 Å². The van der Waals surface area contributed by atoms with Crippen LogP contribution in [0.1, 0.15) is 45.7 Å². The number of aryl methyl sites for hydroxylation is 2. The topological polar surface area (TPSA) is 40.6 Å². The van der Waals surface area contributed by atoms with Crippen LogP contribution in [-0.4, -0.2) is 25.9 Å². The number of nitrogens with zero attached hydrogens (tertiary/aromatic N) is 2. The summed E-state index contributed by atoms with van der Waals surface area (Å²) in [4.78, 5) is 27.9. The standard InChI is InChI=1S/C15H11NO2.C13H15N.C2H6/c1-10-6-2-5-9-13(10)16-14(17)11-7-3-4-8-12(11)15(16)18;1-10-8-9-13(14(2)3)12-7-5-4-6-11(10)12;1-2/h2-9H,1H3;4-9H,1-3H3;1-2H3. The maximum Gasteiger partial charge on any atom is 0.266 e. The molecule has 0 aromatic heterocycles. The van der Waals surface area contributed by atoms with Gasteiger partial charge in [-0.25, -0.2) is 4.90 Å². The van der Waals surface area contributed by atoms with Crippen LogP contribution in [0.3, 0.4) is 0 Å². The molecule has 0 spiro atoms. The zero-order valence-electron chi connectivity index (χ0n) is 20.8. The Morgan fingerprint density at radius 1 is 0.588 bits per heavy atom. The van der Waals surface area contributed by atoms with Gasteiger partial charge in [0.25, 0.3) is 11.8 Å². The van der Waals surface area contributed by atoms with Crippen molar-refractivity contribution in [2.75, 3.05) is 23.9 Å². The molecule has 0 unspecified atom stereocenters. The molecule has 0 aliphatic carbocycles. The molecule has 0 saturated heterocycles. The summed E-state index contributed by atoms with van der Waals surface area (Å²) in [6.45, 7) is 8.04. The molecular formula is C30H32N2O2. The molecule has 4 aromatic carbocycles. The fourth-order valence-electron chi connectivity index (χ4n) is 4.05. The summed E-state index contributed by atoms with van der Waals surface area (Å²) in [6.07, 6.45) is 0. The zero-order valence-corrected chi connectivity index (χ0v) is 20.8. The van der Waals surface area contributed by atoms with Gasteiger partial charge in [-0.05, 0) is 54.6 Å². The first-order valence-electron chi connectivity index (χ1n) is 11.6. The lowest BCUT2D eigenvalue weighted by Gasteiger charge is -2.16. The van der Waals surface area contributed by atoms with E-state index in [1.165, 1.54) is 26.9 Å². The average Bonchev–Trinajstić information content (AvgIpc) is 3.11. The summed E-state index contributed by atoms with van der Waals surface area (Å²) < 4.78 is 0. The number of carbonyl (C=O) groups is 2. The van der Waals surface area contributed by atoms with Gasteiger partial charge in [0.15, 0.2) is 0 Å². The number of amides is 2. The van der Waals surface area contributed by atoms with Crippen molar-refractivity contribution in [2.45, 2.75) is 27.7 Å². The molecule has 1 aliphatic rings. The molecule has 0 atom stereocenters. The first kappa shape index (κ1) is 24.7. The van der Waals surface area contributed by atoms with E-state index in [0.717, 1.165) is 5.56 Å². The van der Waals surface area contributed by atoms with Gasteiger partial charge in [-0.1, -0.05) is 74.5 Å². The van der Waals surface area contributed by atoms with Crippen molar-refractivity contribution in [3.05, 3.63) is 107 Å². The van der Waals surface area contributed by atoms with Crippen molar-refractivity contribution in [1.29, 1.82) is 0 Å². The normalized spacial score (nSPS) is 11.9. The fourth-order valence-corrected chi connectivity index (χ4v) is 4.05. The van der Waals surface area contributed by atoms with Gasteiger partial charge < -0.3 is 4.90 Å². The van der Waals surface area contributed by atoms with Crippen LogP contribution in [0.15, 0.2) is 84.9 Å². The Bertz CT molecular complexity index is 1290. The van der Waals surface area contributed by atoms with Gasteiger partial charge in [0.2, 0.25) is 0 Å². The second-order valence-electron chi connectivity index (χ2n) is 8.12. The van der Waals surface area contributed by atoms with Gasteiger partial charge in [-0.2, -0.15) is 0 Å². The van der Waals surface area contributed by atoms with Crippen LogP contribution >= 0.6 is 0 Å². The smallest absolute Gasteiger partial charge is 0.266 e. The monoisotopic (exact) mass is 452 g/mol. The predicted octanol–water partition coefficient (Wildman–Crippen LogP) is 7.04. The number of fused-ring (bicyclic) bond motifs is 2. The number of imide groups is 1. The highest BCUT2D eigenvalue weighted by Gasteiger charge is 2.36. The molecule has 34 heavy (non-hydrogen) atoms. The number of carbonyl (C=O) groups excluding carboxylic acids is 2. The second kappa shape index (κ2) is 10.8. The Morgan fingerprint density at radius 3 is 1.65 bits per heavy atom. The van der Waals surface area contributed by atoms with Gasteiger partial charge in [0.05, 0.1) is 16.8 Å². The third-order valence-corrected chi connectivity index (χ3v) is 5.75. The number of anilines is 2. The van der Waals surface area contributed by atoms with Gasteiger partial charge in [0, 0.05) is 25.2 Å². The lowest BCUT2D eigenvalue weighted by Crippen LogP contribution is -2.29. The highest BCUT2D eigenvalue weighted by molar-refractivity contribution is 6.34. The molecule has 0 saturated carbocycles. The molecular weight excluding hydrogens is 420 g/mol. The maximum absolute atomic E-state index is 12.3. The molecule has 0 N–H and O–H groups in total. The summed E-state index contributed by atoms with van der Waals surface area (Å²) in [5.41, 5.74) is 5.14. The Kier molecular flexibility index (Phi) is 7.85. The van der Waals surface area contributed by atoms with Crippen LogP contribution in [-0.2, 0) is 0 Å². The van der Waals surface area contributed by atoms with Crippen molar-refractivity contribution in [1.82, 2.24) is 0 Å². The summed E-state index contributed by atoms with van der Waals surface area (Å²) >= 11 is 0. The number of hydrogen-bond acceptors (Lipinski definition) is 3. The largest absolute Gasteiger partial charge is 0.377 e. The average molecular weight is 453 g/mol. The molecule has 4 heteroatoms. The molecule has 4 aromatic rings. The Balaban J connectivity index is 0.000000183. The van der Waals surface area contributed by atoms with Gasteiger partial charge in [0.1, 0.15) is 0 Å². The first-order valence-corrected chi connectivity index (χ1v) is 11.6. The SMILES string of the molecule is CC.Cc1ccc(N(C)C)c2ccccc12.Cc1ccccc1N1C(=O)c2ccccc2C1=O. The molecule has 0 radical (unpaired) electrons. The number of benzene rings is 4. The molecule has 0 bridgehead atoms. The second-order valence-corrected chi connectivity index (χ2v) is 8.12. The van der Waals surface area contributed by atoms with E-state index in [2.05, 4.69) is 62.3 Å². The van der Waals surface area contributed by atoms with E-state index in [4.69, 9.17) is 0 Å². The predicted molar refractivity (Wildman–Crippen MR) is 143 cm³/mol.